The molecule has 0 unspecified atom stereocenters. The lowest BCUT2D eigenvalue weighted by Crippen LogP contribution is -2.23. The number of nitrogen functional groups attached to an aromatic ring is 1. The minimum Gasteiger partial charge on any atom is -0.451 e. The fraction of sp³-hybridized carbons (Fsp3) is 0.100. The molecule has 0 aliphatic carbocycles. The highest BCUT2D eigenvalue weighted by Crippen LogP contribution is 2.48. The van der Waals surface area contributed by atoms with Gasteiger partial charge in [-0.3, -0.25) is 13.7 Å². The summed E-state index contributed by atoms with van der Waals surface area (Å²) in [6, 6.07) is 10.6. The molecule has 1 aromatic heterocycles. The number of aromatic nitrogens is 3. The van der Waals surface area contributed by atoms with Gasteiger partial charge in [-0.1, -0.05) is 35.3 Å². The summed E-state index contributed by atoms with van der Waals surface area (Å²) in [6.45, 7) is 0.301. The van der Waals surface area contributed by atoms with Gasteiger partial charge in [0.15, 0.2) is 23.0 Å². The highest BCUT2D eigenvalue weighted by molar-refractivity contribution is 7.86. The Labute approximate surface area is 330 Å². The van der Waals surface area contributed by atoms with Gasteiger partial charge in [-0.25, -0.2) is 9.98 Å². The van der Waals surface area contributed by atoms with E-state index in [0.717, 1.165) is 6.07 Å². The summed E-state index contributed by atoms with van der Waals surface area (Å²) in [5, 5.41) is 7.32. The summed E-state index contributed by atoms with van der Waals surface area (Å²) < 4.78 is 115. The van der Waals surface area contributed by atoms with Crippen molar-refractivity contribution >= 4 is 105 Å². The molecule has 0 spiro atoms. The second-order valence-electron chi connectivity index (χ2n) is 11.5. The van der Waals surface area contributed by atoms with Crippen LogP contribution in [0, 0.1) is 0 Å². The molecule has 0 radical (unpaired) electrons. The topological polar surface area (TPSA) is 307 Å². The zero-order chi connectivity index (χ0) is 40.3. The number of nitrogens with two attached hydrogens (primary N) is 1. The number of benzene rings is 4. The fourth-order valence-electron chi connectivity index (χ4n) is 5.53. The molecule has 0 atom stereocenters. The third kappa shape index (κ3) is 7.55. The van der Waals surface area contributed by atoms with Crippen molar-refractivity contribution in [2.75, 3.05) is 34.8 Å². The van der Waals surface area contributed by atoms with Gasteiger partial charge in [0.05, 0.1) is 17.1 Å². The summed E-state index contributed by atoms with van der Waals surface area (Å²) >= 11 is 19.3. The number of hydrogen-bond acceptors (Lipinski definition) is 17. The molecule has 7 rings (SSSR count). The van der Waals surface area contributed by atoms with Crippen LogP contribution in [0.2, 0.25) is 15.3 Å². The molecule has 0 fully saturated rings. The minimum atomic E-state index is -4.99. The second-order valence-corrected chi connectivity index (χ2v) is 16.7. The van der Waals surface area contributed by atoms with Gasteiger partial charge >= 0.3 is 0 Å². The van der Waals surface area contributed by atoms with E-state index in [4.69, 9.17) is 50.0 Å². The van der Waals surface area contributed by atoms with Crippen molar-refractivity contribution in [1.29, 1.82) is 0 Å². The van der Waals surface area contributed by atoms with Crippen molar-refractivity contribution < 1.29 is 48.4 Å². The van der Waals surface area contributed by atoms with Crippen molar-refractivity contribution in [2.45, 2.75) is 21.1 Å². The van der Waals surface area contributed by atoms with Crippen molar-refractivity contribution in [3.63, 3.8) is 0 Å². The Morgan fingerprint density at radius 3 is 1.80 bits per heavy atom. The number of rotatable bonds is 11. The Bertz CT molecular complexity index is 2980. The first-order valence-electron chi connectivity index (χ1n) is 15.4. The van der Waals surface area contributed by atoms with Crippen LogP contribution >= 0.6 is 34.8 Å². The maximum absolute atomic E-state index is 12.8. The van der Waals surface area contributed by atoms with Crippen molar-refractivity contribution in [1.82, 2.24) is 15.0 Å². The van der Waals surface area contributed by atoms with E-state index in [0.29, 0.717) is 6.42 Å². The van der Waals surface area contributed by atoms with E-state index in [1.807, 2.05) is 0 Å². The first-order chi connectivity index (χ1) is 26.3. The number of hydrogen-bond donors (Lipinski definition) is 7. The average molecular weight is 887 g/mol. The van der Waals surface area contributed by atoms with E-state index in [9.17, 15) is 38.9 Å². The van der Waals surface area contributed by atoms with Crippen LogP contribution in [-0.4, -0.2) is 67.0 Å². The van der Waals surface area contributed by atoms with Gasteiger partial charge in [-0.15, -0.1) is 0 Å². The molecule has 0 amide bonds. The Morgan fingerprint density at radius 1 is 0.643 bits per heavy atom. The van der Waals surface area contributed by atoms with Gasteiger partial charge < -0.3 is 31.2 Å². The highest BCUT2D eigenvalue weighted by atomic mass is 35.5. The zero-order valence-electron chi connectivity index (χ0n) is 27.5. The summed E-state index contributed by atoms with van der Waals surface area (Å²) in [5.41, 5.74) is 4.69. The zero-order valence-corrected chi connectivity index (χ0v) is 32.2. The van der Waals surface area contributed by atoms with E-state index >= 15 is 0 Å². The molecule has 56 heavy (non-hydrogen) atoms. The number of ether oxygens (including phenoxy) is 2. The monoisotopic (exact) mass is 885 g/mol. The Balaban J connectivity index is 1.13. The standard InChI is InChI=1S/C30H22Cl3N9O11S3/c31-18-22-24(52-15-8-6-12(34)26(20(15)38-22)55(46,47)48)19(32)23-25(18)53-16-9-7-14(27(21(16)39-23)56(49,50)51)35-10-3-11-36-29-40-28(33)41-30(42-29)37-13-4-1-2-5-17(13)54(43,44)45/h1-2,4-9,35H,3,10-11,34H2,(H,43,44,45)(H,46,47,48)(H,49,50,51)(H2,36,37,40,41,42). The number of nitrogens with one attached hydrogen (secondary N) is 3. The number of nitrogens with zero attached hydrogens (tertiary/aromatic N) is 5. The summed E-state index contributed by atoms with van der Waals surface area (Å²) in [4.78, 5) is 18.9. The van der Waals surface area contributed by atoms with Crippen LogP contribution in [0.5, 0.6) is 23.0 Å². The second kappa shape index (κ2) is 14.4. The van der Waals surface area contributed by atoms with E-state index in [1.165, 1.54) is 42.5 Å². The molecular formula is C30H22Cl3N9O11S3. The number of halogens is 3. The van der Waals surface area contributed by atoms with Gasteiger partial charge in [0.25, 0.3) is 30.4 Å². The van der Waals surface area contributed by atoms with E-state index < -0.39 is 45.0 Å². The first-order valence-corrected chi connectivity index (χ1v) is 20.9. The lowest BCUT2D eigenvalue weighted by atomic mass is 10.2. The van der Waals surface area contributed by atoms with Crippen LogP contribution in [0.3, 0.4) is 0 Å². The Kier molecular flexibility index (Phi) is 10.1. The van der Waals surface area contributed by atoms with E-state index in [1.54, 1.807) is 0 Å². The molecule has 3 heterocycles. The first kappa shape index (κ1) is 39.1. The highest BCUT2D eigenvalue weighted by Gasteiger charge is 2.33. The molecule has 2 aliphatic heterocycles. The maximum atomic E-state index is 12.8. The number of para-hydroxylation sites is 1. The Hall–Kier alpha value is -5.11. The van der Waals surface area contributed by atoms with Gasteiger partial charge in [-0.05, 0) is 54.4 Å². The molecule has 26 heteroatoms. The molecule has 5 aromatic rings. The quantitative estimate of drug-likeness (QED) is 0.0515. The van der Waals surface area contributed by atoms with Crippen LogP contribution in [0.1, 0.15) is 6.42 Å². The fourth-order valence-corrected chi connectivity index (χ4v) is 8.42. The van der Waals surface area contributed by atoms with Crippen molar-refractivity contribution in [3.05, 3.63) is 74.6 Å². The molecule has 0 saturated heterocycles. The molecule has 0 saturated carbocycles. The average Bonchev–Trinajstić information content (AvgIpc) is 3.10. The molecule has 20 nitrogen and oxygen atoms in total. The van der Waals surface area contributed by atoms with Crippen molar-refractivity contribution in [3.8, 4) is 23.0 Å². The summed E-state index contributed by atoms with van der Waals surface area (Å²) in [6.07, 6.45) is 0.303. The van der Waals surface area contributed by atoms with Gasteiger partial charge in [-0.2, -0.15) is 40.2 Å². The van der Waals surface area contributed by atoms with E-state index in [-0.39, 0.29) is 102 Å². The molecule has 2 aliphatic rings. The van der Waals surface area contributed by atoms with Crippen LogP contribution in [0.4, 0.5) is 40.3 Å². The van der Waals surface area contributed by atoms with Crippen LogP contribution < -0.4 is 41.9 Å². The van der Waals surface area contributed by atoms with Crippen LogP contribution in [0.25, 0.3) is 0 Å². The lowest BCUT2D eigenvalue weighted by molar-refractivity contribution is 0.447. The predicted octanol–water partition coefficient (Wildman–Crippen LogP) is 4.93. The smallest absolute Gasteiger partial charge is 0.298 e. The normalized spacial score (nSPS) is 13.0. The SMILES string of the molecule is Nc1ccc2c(c1S(=O)(=O)O)N=c1c(Cl)c3c(c(Cl)c1O2)=Nc1c(ccc(NCCCNc2nc(Cl)nc(Nc4ccccc4S(=O)(=O)O)n2)c1S(=O)(=O)O)O3. The van der Waals surface area contributed by atoms with Gasteiger partial charge in [0.1, 0.15) is 46.8 Å². The van der Waals surface area contributed by atoms with Crippen molar-refractivity contribution in [2.24, 2.45) is 9.98 Å². The predicted molar refractivity (Wildman–Crippen MR) is 201 cm³/mol. The van der Waals surface area contributed by atoms with E-state index in [2.05, 4.69) is 40.9 Å². The van der Waals surface area contributed by atoms with Gasteiger partial charge in [0.2, 0.25) is 17.2 Å². The number of fused-ring (bicyclic) bond motifs is 4. The Morgan fingerprint density at radius 2 is 1.20 bits per heavy atom. The van der Waals surface area contributed by atoms with Crippen LogP contribution in [-0.2, 0) is 30.4 Å². The molecule has 0 bridgehead atoms. The van der Waals surface area contributed by atoms with Gasteiger partial charge in [0, 0.05) is 13.1 Å². The third-order valence-electron chi connectivity index (χ3n) is 7.82. The molecule has 8 N–H and O–H groups in total. The van der Waals surface area contributed by atoms with Crippen LogP contribution in [0.15, 0.2) is 73.2 Å². The number of anilines is 5. The minimum absolute atomic E-state index is 0.000136. The molecular weight excluding hydrogens is 865 g/mol. The molecule has 4 aromatic carbocycles. The third-order valence-corrected chi connectivity index (χ3v) is 11.5. The largest absolute Gasteiger partial charge is 0.451 e. The summed E-state index contributed by atoms with van der Waals surface area (Å²) in [5.74, 6) is -0.865. The maximum Gasteiger partial charge on any atom is 0.298 e. The lowest BCUT2D eigenvalue weighted by Gasteiger charge is -2.23. The summed E-state index contributed by atoms with van der Waals surface area (Å²) in [7, 11) is -14.4. The molecule has 292 valence electrons.